The molecular formula is C20H29N5O3S. The number of aryl methyl sites for hydroxylation is 1. The fourth-order valence-corrected chi connectivity index (χ4v) is 5.45. The minimum atomic E-state index is -0.709. The SMILES string of the molecule is Cc1csc(CC(=O)N2CCN(CN3C(=O)N[C@]4(CCCC[C@@H]4C)C3=O)CC2)n1. The van der Waals surface area contributed by atoms with Crippen LogP contribution in [-0.4, -0.2) is 75.9 Å². The molecule has 0 bridgehead atoms. The van der Waals surface area contributed by atoms with Gasteiger partial charge in [0.25, 0.3) is 5.91 Å². The number of aromatic nitrogens is 1. The Hall–Kier alpha value is -2.00. The third-order valence-corrected chi connectivity index (χ3v) is 7.50. The van der Waals surface area contributed by atoms with Gasteiger partial charge >= 0.3 is 6.03 Å². The van der Waals surface area contributed by atoms with E-state index in [1.807, 2.05) is 17.2 Å². The number of rotatable bonds is 4. The number of urea groups is 1. The van der Waals surface area contributed by atoms with Crippen molar-refractivity contribution in [3.05, 3.63) is 16.1 Å². The second-order valence-corrected chi connectivity index (χ2v) is 9.42. The average Bonchev–Trinajstić information content (AvgIpc) is 3.21. The molecule has 1 aliphatic carbocycles. The van der Waals surface area contributed by atoms with E-state index in [1.165, 1.54) is 16.2 Å². The predicted molar refractivity (Wildman–Crippen MR) is 109 cm³/mol. The van der Waals surface area contributed by atoms with Crippen LogP contribution in [-0.2, 0) is 16.0 Å². The summed E-state index contributed by atoms with van der Waals surface area (Å²) in [4.78, 5) is 47.8. The largest absolute Gasteiger partial charge is 0.340 e. The smallest absolute Gasteiger partial charge is 0.326 e. The van der Waals surface area contributed by atoms with Crippen molar-refractivity contribution in [2.45, 2.75) is 51.5 Å². The number of amides is 4. The maximum atomic E-state index is 13.1. The van der Waals surface area contributed by atoms with Gasteiger partial charge < -0.3 is 10.2 Å². The van der Waals surface area contributed by atoms with E-state index in [2.05, 4.69) is 22.1 Å². The van der Waals surface area contributed by atoms with Crippen molar-refractivity contribution in [2.75, 3.05) is 32.8 Å². The zero-order chi connectivity index (χ0) is 20.6. The van der Waals surface area contributed by atoms with Gasteiger partial charge in [0.1, 0.15) is 10.5 Å². The van der Waals surface area contributed by atoms with Crippen molar-refractivity contribution in [1.29, 1.82) is 0 Å². The highest BCUT2D eigenvalue weighted by Crippen LogP contribution is 2.38. The molecule has 4 rings (SSSR count). The molecule has 1 saturated carbocycles. The minimum Gasteiger partial charge on any atom is -0.340 e. The summed E-state index contributed by atoms with van der Waals surface area (Å²) in [6.45, 7) is 6.81. The summed E-state index contributed by atoms with van der Waals surface area (Å²) in [5.41, 5.74) is 0.236. The number of hydrogen-bond acceptors (Lipinski definition) is 6. The van der Waals surface area contributed by atoms with Crippen molar-refractivity contribution < 1.29 is 14.4 Å². The second kappa shape index (κ2) is 8.02. The molecule has 1 N–H and O–H groups in total. The minimum absolute atomic E-state index is 0.0765. The predicted octanol–water partition coefficient (Wildman–Crippen LogP) is 1.60. The molecule has 4 amide bonds. The van der Waals surface area contributed by atoms with Crippen LogP contribution >= 0.6 is 11.3 Å². The summed E-state index contributed by atoms with van der Waals surface area (Å²) in [5, 5.41) is 5.81. The highest BCUT2D eigenvalue weighted by atomic mass is 32.1. The van der Waals surface area contributed by atoms with E-state index in [1.54, 1.807) is 0 Å². The van der Waals surface area contributed by atoms with Crippen LogP contribution in [0.1, 0.15) is 43.3 Å². The molecule has 29 heavy (non-hydrogen) atoms. The Balaban J connectivity index is 1.31. The van der Waals surface area contributed by atoms with Crippen molar-refractivity contribution >= 4 is 29.2 Å². The topological polar surface area (TPSA) is 85.9 Å². The lowest BCUT2D eigenvalue weighted by Gasteiger charge is -2.38. The van der Waals surface area contributed by atoms with E-state index >= 15 is 0 Å². The molecule has 3 heterocycles. The summed E-state index contributed by atoms with van der Waals surface area (Å²) < 4.78 is 0. The Morgan fingerprint density at radius 3 is 2.69 bits per heavy atom. The lowest BCUT2D eigenvalue weighted by Crippen LogP contribution is -2.55. The van der Waals surface area contributed by atoms with Gasteiger partial charge in [-0.3, -0.25) is 14.5 Å². The van der Waals surface area contributed by atoms with Crippen LogP contribution in [0.3, 0.4) is 0 Å². The lowest BCUT2D eigenvalue weighted by atomic mass is 9.73. The van der Waals surface area contributed by atoms with Gasteiger partial charge in [-0.2, -0.15) is 0 Å². The molecule has 8 nitrogen and oxygen atoms in total. The van der Waals surface area contributed by atoms with E-state index in [0.29, 0.717) is 39.3 Å². The zero-order valence-electron chi connectivity index (χ0n) is 17.1. The number of nitrogens with zero attached hydrogens (tertiary/aromatic N) is 4. The highest BCUT2D eigenvalue weighted by molar-refractivity contribution is 7.09. The maximum absolute atomic E-state index is 13.1. The molecule has 2 saturated heterocycles. The quantitative estimate of drug-likeness (QED) is 0.749. The number of piperazine rings is 1. The van der Waals surface area contributed by atoms with Crippen LogP contribution in [0.4, 0.5) is 4.79 Å². The Morgan fingerprint density at radius 1 is 1.28 bits per heavy atom. The molecule has 158 valence electrons. The standard InChI is InChI=1S/C20H29N5O3S/c1-14-5-3-4-6-20(14)18(27)25(19(28)22-20)13-23-7-9-24(10-8-23)17(26)11-16-21-15(2)12-29-16/h12,14H,3-11,13H2,1-2H3,(H,22,28)/t14-,20-/m0/s1. The van der Waals surface area contributed by atoms with E-state index in [0.717, 1.165) is 36.4 Å². The lowest BCUT2D eigenvalue weighted by molar-refractivity contribution is -0.137. The van der Waals surface area contributed by atoms with Crippen LogP contribution in [0.5, 0.6) is 0 Å². The molecular weight excluding hydrogens is 390 g/mol. The van der Waals surface area contributed by atoms with Gasteiger partial charge in [0, 0.05) is 37.3 Å². The van der Waals surface area contributed by atoms with Crippen molar-refractivity contribution in [2.24, 2.45) is 5.92 Å². The molecule has 1 spiro atoms. The van der Waals surface area contributed by atoms with Gasteiger partial charge in [0.15, 0.2) is 0 Å². The van der Waals surface area contributed by atoms with Crippen LogP contribution < -0.4 is 5.32 Å². The fraction of sp³-hybridized carbons (Fsp3) is 0.700. The summed E-state index contributed by atoms with van der Waals surface area (Å²) >= 11 is 1.52. The summed E-state index contributed by atoms with van der Waals surface area (Å²) in [7, 11) is 0. The average molecular weight is 420 g/mol. The van der Waals surface area contributed by atoms with Crippen molar-refractivity contribution in [3.8, 4) is 0 Å². The Bertz CT molecular complexity index is 804. The van der Waals surface area contributed by atoms with Gasteiger partial charge in [-0.05, 0) is 25.7 Å². The first-order chi connectivity index (χ1) is 13.9. The zero-order valence-corrected chi connectivity index (χ0v) is 18.0. The van der Waals surface area contributed by atoms with Crippen LogP contribution in [0.25, 0.3) is 0 Å². The number of carbonyl (C=O) groups excluding carboxylic acids is 3. The first-order valence-corrected chi connectivity index (χ1v) is 11.3. The van der Waals surface area contributed by atoms with Gasteiger partial charge in [-0.25, -0.2) is 14.7 Å². The molecule has 2 aliphatic heterocycles. The molecule has 3 fully saturated rings. The number of hydrogen-bond donors (Lipinski definition) is 1. The Morgan fingerprint density at radius 2 is 2.03 bits per heavy atom. The normalized spacial score (nSPS) is 28.3. The molecule has 1 aromatic heterocycles. The van der Waals surface area contributed by atoms with E-state index in [-0.39, 0.29) is 23.8 Å². The first kappa shape index (κ1) is 20.3. The van der Waals surface area contributed by atoms with E-state index < -0.39 is 5.54 Å². The molecule has 1 aromatic rings. The molecule has 3 aliphatic rings. The van der Waals surface area contributed by atoms with E-state index in [9.17, 15) is 14.4 Å². The highest BCUT2D eigenvalue weighted by Gasteiger charge is 2.55. The summed E-state index contributed by atoms with van der Waals surface area (Å²) in [5.74, 6) is 0.179. The van der Waals surface area contributed by atoms with Gasteiger partial charge in [0.05, 0.1) is 13.1 Å². The van der Waals surface area contributed by atoms with Gasteiger partial charge in [-0.1, -0.05) is 19.8 Å². The van der Waals surface area contributed by atoms with Crippen molar-refractivity contribution in [3.63, 3.8) is 0 Å². The number of thiazole rings is 1. The first-order valence-electron chi connectivity index (χ1n) is 10.4. The molecule has 0 unspecified atom stereocenters. The number of nitrogens with one attached hydrogen (secondary N) is 1. The monoisotopic (exact) mass is 419 g/mol. The number of imide groups is 1. The molecule has 2 atom stereocenters. The molecule has 0 radical (unpaired) electrons. The third-order valence-electron chi connectivity index (χ3n) is 6.54. The summed E-state index contributed by atoms with van der Waals surface area (Å²) in [6, 6.07) is -0.276. The Labute approximate surface area is 175 Å². The van der Waals surface area contributed by atoms with Gasteiger partial charge in [0.2, 0.25) is 5.91 Å². The Kier molecular flexibility index (Phi) is 5.61. The second-order valence-electron chi connectivity index (χ2n) is 8.48. The number of carbonyl (C=O) groups is 3. The molecule has 9 heteroatoms. The van der Waals surface area contributed by atoms with E-state index in [4.69, 9.17) is 0 Å². The third kappa shape index (κ3) is 3.90. The summed E-state index contributed by atoms with van der Waals surface area (Å²) in [6.07, 6.45) is 4.13. The van der Waals surface area contributed by atoms with Crippen LogP contribution in [0.15, 0.2) is 5.38 Å². The van der Waals surface area contributed by atoms with Crippen molar-refractivity contribution in [1.82, 2.24) is 25.0 Å². The van der Waals surface area contributed by atoms with Gasteiger partial charge in [-0.15, -0.1) is 11.3 Å². The maximum Gasteiger partial charge on any atom is 0.326 e. The van der Waals surface area contributed by atoms with Crippen LogP contribution in [0, 0.1) is 12.8 Å². The molecule has 0 aromatic carbocycles. The fourth-order valence-electron chi connectivity index (χ4n) is 4.69. The van der Waals surface area contributed by atoms with Crippen LogP contribution in [0.2, 0.25) is 0 Å².